The van der Waals surface area contributed by atoms with Crippen molar-refractivity contribution in [3.05, 3.63) is 45.4 Å². The summed E-state index contributed by atoms with van der Waals surface area (Å²) in [5.74, 6) is 5.55. The zero-order valence-electron chi connectivity index (χ0n) is 9.34. The highest BCUT2D eigenvalue weighted by Gasteiger charge is 2.09. The van der Waals surface area contributed by atoms with Crippen LogP contribution in [0.3, 0.4) is 0 Å². The van der Waals surface area contributed by atoms with E-state index in [1.54, 1.807) is 0 Å². The molecule has 1 rings (SSSR count). The van der Waals surface area contributed by atoms with Gasteiger partial charge in [-0.3, -0.25) is 5.84 Å². The first-order valence-corrected chi connectivity index (χ1v) is 5.71. The summed E-state index contributed by atoms with van der Waals surface area (Å²) in [4.78, 5) is 0. The Morgan fingerprint density at radius 2 is 2.13 bits per heavy atom. The van der Waals surface area contributed by atoms with Crippen molar-refractivity contribution in [2.24, 2.45) is 5.84 Å². The van der Waals surface area contributed by atoms with Crippen molar-refractivity contribution in [3.63, 3.8) is 0 Å². The molecule has 0 heterocycles. The van der Waals surface area contributed by atoms with E-state index in [1.807, 2.05) is 6.07 Å². The van der Waals surface area contributed by atoms with Crippen LogP contribution in [-0.2, 0) is 0 Å². The standard InChI is InChI=1S/C12H17BrN2/c1-8(2)6-12(15-14)11-5-4-10(13)7-9(11)3/h4-7,12,15H,14H2,1-3H3. The van der Waals surface area contributed by atoms with Gasteiger partial charge in [-0.05, 0) is 44.0 Å². The van der Waals surface area contributed by atoms with Gasteiger partial charge in [0.05, 0.1) is 6.04 Å². The van der Waals surface area contributed by atoms with Crippen LogP contribution in [0, 0.1) is 6.92 Å². The molecule has 0 aliphatic carbocycles. The predicted molar refractivity (Wildman–Crippen MR) is 68.4 cm³/mol. The van der Waals surface area contributed by atoms with Crippen LogP contribution < -0.4 is 11.3 Å². The Balaban J connectivity index is 3.07. The van der Waals surface area contributed by atoms with E-state index >= 15 is 0 Å². The maximum Gasteiger partial charge on any atom is 0.0645 e. The van der Waals surface area contributed by atoms with Crippen LogP contribution >= 0.6 is 15.9 Å². The van der Waals surface area contributed by atoms with E-state index in [4.69, 9.17) is 5.84 Å². The lowest BCUT2D eigenvalue weighted by molar-refractivity contribution is 0.648. The number of aryl methyl sites for hydroxylation is 1. The highest BCUT2D eigenvalue weighted by atomic mass is 79.9. The minimum Gasteiger partial charge on any atom is -0.271 e. The molecule has 1 aromatic carbocycles. The smallest absolute Gasteiger partial charge is 0.0645 e. The average molecular weight is 269 g/mol. The first-order chi connectivity index (χ1) is 7.04. The molecule has 0 radical (unpaired) electrons. The number of hydrogen-bond acceptors (Lipinski definition) is 2. The molecule has 0 bridgehead atoms. The number of halogens is 1. The second-order valence-corrected chi connectivity index (χ2v) is 4.80. The summed E-state index contributed by atoms with van der Waals surface area (Å²) in [5, 5.41) is 0. The third-order valence-electron chi connectivity index (χ3n) is 2.25. The summed E-state index contributed by atoms with van der Waals surface area (Å²) in [6.45, 7) is 6.22. The van der Waals surface area contributed by atoms with Crippen molar-refractivity contribution < 1.29 is 0 Å². The quantitative estimate of drug-likeness (QED) is 0.502. The Kier molecular flexibility index (Phi) is 4.51. The molecule has 1 unspecified atom stereocenters. The first-order valence-electron chi connectivity index (χ1n) is 4.92. The maximum atomic E-state index is 5.55. The zero-order valence-corrected chi connectivity index (χ0v) is 10.9. The molecule has 0 spiro atoms. The molecule has 0 saturated heterocycles. The monoisotopic (exact) mass is 268 g/mol. The van der Waals surface area contributed by atoms with Crippen LogP contribution in [0.25, 0.3) is 0 Å². The van der Waals surface area contributed by atoms with E-state index in [2.05, 4.69) is 60.3 Å². The number of nitrogens with one attached hydrogen (secondary N) is 1. The van der Waals surface area contributed by atoms with Crippen molar-refractivity contribution in [1.29, 1.82) is 0 Å². The Bertz CT molecular complexity index is 368. The summed E-state index contributed by atoms with van der Waals surface area (Å²) < 4.78 is 1.09. The molecule has 0 aliphatic rings. The minimum absolute atomic E-state index is 0.0862. The Morgan fingerprint density at radius 3 is 2.60 bits per heavy atom. The molecule has 2 nitrogen and oxygen atoms in total. The largest absolute Gasteiger partial charge is 0.271 e. The molecule has 15 heavy (non-hydrogen) atoms. The van der Waals surface area contributed by atoms with Gasteiger partial charge < -0.3 is 0 Å². The number of allylic oxidation sites excluding steroid dienone is 1. The van der Waals surface area contributed by atoms with Crippen molar-refractivity contribution in [2.45, 2.75) is 26.8 Å². The fourth-order valence-electron chi connectivity index (χ4n) is 1.55. The van der Waals surface area contributed by atoms with Gasteiger partial charge in [0.1, 0.15) is 0 Å². The predicted octanol–water partition coefficient (Wildman–Crippen LogP) is 3.23. The Hall–Kier alpha value is -0.640. The van der Waals surface area contributed by atoms with Gasteiger partial charge in [0.2, 0.25) is 0 Å². The lowest BCUT2D eigenvalue weighted by atomic mass is 10.0. The molecule has 0 saturated carbocycles. The summed E-state index contributed by atoms with van der Waals surface area (Å²) in [6, 6.07) is 6.30. The lowest BCUT2D eigenvalue weighted by Crippen LogP contribution is -2.27. The van der Waals surface area contributed by atoms with Crippen LogP contribution in [0.2, 0.25) is 0 Å². The Labute approximate surface area is 99.7 Å². The SMILES string of the molecule is CC(C)=CC(NN)c1ccc(Br)cc1C. The summed E-state index contributed by atoms with van der Waals surface area (Å²) in [7, 11) is 0. The van der Waals surface area contributed by atoms with E-state index < -0.39 is 0 Å². The van der Waals surface area contributed by atoms with E-state index in [1.165, 1.54) is 16.7 Å². The zero-order chi connectivity index (χ0) is 11.4. The van der Waals surface area contributed by atoms with Crippen molar-refractivity contribution >= 4 is 15.9 Å². The third-order valence-corrected chi connectivity index (χ3v) is 2.74. The number of hydrogen-bond donors (Lipinski definition) is 2. The molecule has 3 heteroatoms. The first kappa shape index (κ1) is 12.4. The van der Waals surface area contributed by atoms with Gasteiger partial charge in [-0.1, -0.05) is 33.6 Å². The molecule has 1 aromatic rings. The summed E-state index contributed by atoms with van der Waals surface area (Å²) in [5.41, 5.74) is 6.51. The fourth-order valence-corrected chi connectivity index (χ4v) is 2.02. The molecule has 0 aliphatic heterocycles. The highest BCUT2D eigenvalue weighted by Crippen LogP contribution is 2.22. The molecular formula is C12H17BrN2. The summed E-state index contributed by atoms with van der Waals surface area (Å²) >= 11 is 3.45. The second kappa shape index (κ2) is 5.45. The number of hydrazine groups is 1. The van der Waals surface area contributed by atoms with Gasteiger partial charge in [0.25, 0.3) is 0 Å². The van der Waals surface area contributed by atoms with Crippen LogP contribution in [-0.4, -0.2) is 0 Å². The lowest BCUT2D eigenvalue weighted by Gasteiger charge is -2.15. The molecule has 0 amide bonds. The molecule has 0 fully saturated rings. The van der Waals surface area contributed by atoms with Crippen LogP contribution in [0.5, 0.6) is 0 Å². The minimum atomic E-state index is 0.0862. The van der Waals surface area contributed by atoms with E-state index in [0.717, 1.165) is 4.47 Å². The number of benzene rings is 1. The second-order valence-electron chi connectivity index (χ2n) is 3.89. The van der Waals surface area contributed by atoms with Crippen molar-refractivity contribution in [2.75, 3.05) is 0 Å². The van der Waals surface area contributed by atoms with E-state index in [9.17, 15) is 0 Å². The molecule has 0 aromatic heterocycles. The highest BCUT2D eigenvalue weighted by molar-refractivity contribution is 9.10. The van der Waals surface area contributed by atoms with Crippen LogP contribution in [0.1, 0.15) is 31.0 Å². The topological polar surface area (TPSA) is 38.0 Å². The molecular weight excluding hydrogens is 252 g/mol. The van der Waals surface area contributed by atoms with Gasteiger partial charge in [0, 0.05) is 4.47 Å². The van der Waals surface area contributed by atoms with Crippen LogP contribution in [0.15, 0.2) is 34.3 Å². The fraction of sp³-hybridized carbons (Fsp3) is 0.333. The number of rotatable bonds is 3. The van der Waals surface area contributed by atoms with Crippen LogP contribution in [0.4, 0.5) is 0 Å². The third kappa shape index (κ3) is 3.45. The van der Waals surface area contributed by atoms with E-state index in [0.29, 0.717) is 0 Å². The van der Waals surface area contributed by atoms with Crippen molar-refractivity contribution in [3.8, 4) is 0 Å². The maximum absolute atomic E-state index is 5.55. The van der Waals surface area contributed by atoms with Crippen molar-refractivity contribution in [1.82, 2.24) is 5.43 Å². The van der Waals surface area contributed by atoms with Gasteiger partial charge >= 0.3 is 0 Å². The average Bonchev–Trinajstić information content (AvgIpc) is 2.14. The van der Waals surface area contributed by atoms with E-state index in [-0.39, 0.29) is 6.04 Å². The Morgan fingerprint density at radius 1 is 1.47 bits per heavy atom. The van der Waals surface area contributed by atoms with Gasteiger partial charge in [-0.2, -0.15) is 0 Å². The molecule has 1 atom stereocenters. The van der Waals surface area contributed by atoms with Gasteiger partial charge in [0.15, 0.2) is 0 Å². The normalized spacial score (nSPS) is 12.3. The summed E-state index contributed by atoms with van der Waals surface area (Å²) in [6.07, 6.45) is 2.12. The number of nitrogens with two attached hydrogens (primary N) is 1. The molecule has 3 N–H and O–H groups in total. The molecule has 82 valence electrons. The van der Waals surface area contributed by atoms with Gasteiger partial charge in [-0.25, -0.2) is 5.43 Å². The van der Waals surface area contributed by atoms with Gasteiger partial charge in [-0.15, -0.1) is 0 Å².